The van der Waals surface area contributed by atoms with Gasteiger partial charge in [0.05, 0.1) is 0 Å². The highest BCUT2D eigenvalue weighted by Gasteiger charge is 2.29. The van der Waals surface area contributed by atoms with Crippen LogP contribution in [-0.4, -0.2) is 25.0 Å². The molecule has 2 heterocycles. The molecule has 5 nitrogen and oxygen atoms in total. The van der Waals surface area contributed by atoms with Gasteiger partial charge in [-0.3, -0.25) is 4.28 Å². The van der Waals surface area contributed by atoms with Crippen molar-refractivity contribution < 1.29 is 25.9 Å². The van der Waals surface area contributed by atoms with E-state index in [1.807, 2.05) is 18.2 Å². The lowest BCUT2D eigenvalue weighted by Crippen LogP contribution is -2.20. The summed E-state index contributed by atoms with van der Waals surface area (Å²) < 4.78 is 58.4. The molecular weight excluding hydrogens is 333 g/mol. The lowest BCUT2D eigenvalue weighted by Gasteiger charge is -2.08. The van der Waals surface area contributed by atoms with E-state index in [0.29, 0.717) is 16.8 Å². The molecule has 0 amide bonds. The first-order valence-corrected chi connectivity index (χ1v) is 7.75. The van der Waals surface area contributed by atoms with Gasteiger partial charge in [-0.25, -0.2) is 0 Å². The van der Waals surface area contributed by atoms with E-state index < -0.39 is 16.8 Å². The van der Waals surface area contributed by atoms with E-state index in [1.165, 1.54) is 6.07 Å². The molecule has 0 saturated heterocycles. The standard InChI is InChI=1S/C13H8N2O3S.CHF3/c16-19(17)12-8-4-2-6-10(12)13-9-5-1-3-7-11(9)15(14-13)18-19;2-1(3)4/h1-8H;1H. The molecule has 0 unspecified atom stereocenters. The number of fused-ring (bicyclic) bond motifs is 7. The predicted octanol–water partition coefficient (Wildman–Crippen LogP) is 3.01. The van der Waals surface area contributed by atoms with Gasteiger partial charge in [-0.05, 0) is 12.1 Å². The van der Waals surface area contributed by atoms with Crippen LogP contribution in [0.25, 0.3) is 22.2 Å². The zero-order valence-corrected chi connectivity index (χ0v) is 12.2. The van der Waals surface area contributed by atoms with Gasteiger partial charge in [0.15, 0.2) is 0 Å². The summed E-state index contributed by atoms with van der Waals surface area (Å²) in [4.78, 5) is 1.21. The normalized spacial score (nSPS) is 14.4. The molecule has 0 saturated carbocycles. The zero-order chi connectivity index (χ0) is 16.6. The molecule has 0 fully saturated rings. The van der Waals surface area contributed by atoms with Crippen molar-refractivity contribution in [3.8, 4) is 11.3 Å². The second-order valence-electron chi connectivity index (χ2n) is 4.51. The molecule has 23 heavy (non-hydrogen) atoms. The quantitative estimate of drug-likeness (QED) is 0.630. The fourth-order valence-electron chi connectivity index (χ4n) is 2.31. The molecule has 120 valence electrons. The van der Waals surface area contributed by atoms with Crippen molar-refractivity contribution in [1.29, 1.82) is 0 Å². The number of para-hydroxylation sites is 1. The maximum Gasteiger partial charge on any atom is 0.379 e. The lowest BCUT2D eigenvalue weighted by atomic mass is 10.1. The highest BCUT2D eigenvalue weighted by molar-refractivity contribution is 7.87. The minimum atomic E-state index is -3.84. The van der Waals surface area contributed by atoms with Crippen molar-refractivity contribution in [2.45, 2.75) is 11.6 Å². The van der Waals surface area contributed by atoms with Gasteiger partial charge in [-0.1, -0.05) is 41.2 Å². The molecule has 2 bridgehead atoms. The van der Waals surface area contributed by atoms with E-state index in [0.717, 1.165) is 10.2 Å². The minimum absolute atomic E-state index is 0.144. The Kier molecular flexibility index (Phi) is 3.72. The van der Waals surface area contributed by atoms with Gasteiger partial charge in [0, 0.05) is 10.9 Å². The summed E-state index contributed by atoms with van der Waals surface area (Å²) >= 11 is 0. The minimum Gasteiger partial charge on any atom is -0.265 e. The van der Waals surface area contributed by atoms with Crippen LogP contribution in [0.15, 0.2) is 53.4 Å². The summed E-state index contributed by atoms with van der Waals surface area (Å²) in [5.41, 5.74) is 1.82. The van der Waals surface area contributed by atoms with Crippen molar-refractivity contribution in [2.24, 2.45) is 0 Å². The van der Waals surface area contributed by atoms with Gasteiger partial charge in [-0.15, -0.1) is 5.10 Å². The molecule has 0 radical (unpaired) electrons. The Morgan fingerprint density at radius 1 is 1.00 bits per heavy atom. The molecule has 0 aliphatic carbocycles. The van der Waals surface area contributed by atoms with Crippen LogP contribution in [0, 0.1) is 0 Å². The van der Waals surface area contributed by atoms with Gasteiger partial charge in [0.2, 0.25) is 0 Å². The summed E-state index contributed by atoms with van der Waals surface area (Å²) in [6, 6.07) is 14.1. The van der Waals surface area contributed by atoms with Crippen molar-refractivity contribution >= 4 is 21.0 Å². The molecule has 1 aliphatic rings. The Labute approximate surface area is 129 Å². The molecule has 0 spiro atoms. The summed E-state index contributed by atoms with van der Waals surface area (Å²) in [5, 5.41) is 5.11. The van der Waals surface area contributed by atoms with Gasteiger partial charge in [0.25, 0.3) is 0 Å². The molecule has 9 heteroatoms. The number of halogens is 3. The Balaban J connectivity index is 0.000000354. The number of hydrogen-bond donors (Lipinski definition) is 0. The topological polar surface area (TPSA) is 61.2 Å². The Hall–Kier alpha value is -2.55. The molecule has 1 aromatic heterocycles. The second-order valence-corrected chi connectivity index (χ2v) is 6.01. The van der Waals surface area contributed by atoms with Gasteiger partial charge < -0.3 is 0 Å². The van der Waals surface area contributed by atoms with Crippen molar-refractivity contribution in [1.82, 2.24) is 9.94 Å². The number of rotatable bonds is 0. The van der Waals surface area contributed by atoms with Crippen LogP contribution in [0.3, 0.4) is 0 Å². The van der Waals surface area contributed by atoms with Crippen LogP contribution in [0.4, 0.5) is 13.2 Å². The van der Waals surface area contributed by atoms with E-state index >= 15 is 0 Å². The molecule has 1 aliphatic heterocycles. The van der Waals surface area contributed by atoms with E-state index in [9.17, 15) is 21.6 Å². The number of aromatic nitrogens is 2. The average Bonchev–Trinajstić information content (AvgIpc) is 2.79. The van der Waals surface area contributed by atoms with Gasteiger partial charge in [0.1, 0.15) is 16.1 Å². The van der Waals surface area contributed by atoms with E-state index in [2.05, 4.69) is 5.10 Å². The van der Waals surface area contributed by atoms with E-state index in [4.69, 9.17) is 4.28 Å². The van der Waals surface area contributed by atoms with E-state index in [1.54, 1.807) is 24.3 Å². The summed E-state index contributed by atoms with van der Waals surface area (Å²) in [7, 11) is -3.84. The van der Waals surface area contributed by atoms with Crippen LogP contribution in [0.5, 0.6) is 0 Å². The fraction of sp³-hybridized carbons (Fsp3) is 0.0714. The average molecular weight is 342 g/mol. The fourth-order valence-corrected chi connectivity index (χ4v) is 3.37. The molecular formula is C14H9F3N2O3S. The smallest absolute Gasteiger partial charge is 0.265 e. The third-order valence-electron chi connectivity index (χ3n) is 3.14. The molecule has 3 aromatic rings. The predicted molar refractivity (Wildman–Crippen MR) is 76.0 cm³/mol. The van der Waals surface area contributed by atoms with Crippen LogP contribution in [0.2, 0.25) is 0 Å². The first-order chi connectivity index (χ1) is 10.9. The Morgan fingerprint density at radius 3 is 2.35 bits per heavy atom. The first-order valence-electron chi connectivity index (χ1n) is 6.34. The monoisotopic (exact) mass is 342 g/mol. The zero-order valence-electron chi connectivity index (χ0n) is 11.4. The van der Waals surface area contributed by atoms with Crippen LogP contribution in [-0.2, 0) is 10.1 Å². The largest absolute Gasteiger partial charge is 0.379 e. The van der Waals surface area contributed by atoms with Crippen LogP contribution in [0.1, 0.15) is 0 Å². The molecule has 2 aromatic carbocycles. The SMILES string of the molecule is FC(F)F.O=S1(=O)On2nc(c3ccccc32)-c2ccccc21. The number of hydrogen-bond acceptors (Lipinski definition) is 4. The molecule has 0 N–H and O–H groups in total. The van der Waals surface area contributed by atoms with Crippen molar-refractivity contribution in [3.63, 3.8) is 0 Å². The number of nitrogens with zero attached hydrogens (tertiary/aromatic N) is 2. The molecule has 0 atom stereocenters. The van der Waals surface area contributed by atoms with Crippen molar-refractivity contribution in [3.05, 3.63) is 48.5 Å². The Bertz CT molecular complexity index is 968. The van der Waals surface area contributed by atoms with Crippen LogP contribution >= 0.6 is 0 Å². The first kappa shape index (κ1) is 15.3. The number of benzene rings is 2. The summed E-state index contributed by atoms with van der Waals surface area (Å²) in [6.45, 7) is -3.67. The second kappa shape index (κ2) is 5.58. The van der Waals surface area contributed by atoms with E-state index in [-0.39, 0.29) is 4.90 Å². The van der Waals surface area contributed by atoms with Crippen molar-refractivity contribution in [2.75, 3.05) is 0 Å². The van der Waals surface area contributed by atoms with Gasteiger partial charge in [-0.2, -0.15) is 21.6 Å². The van der Waals surface area contributed by atoms with Crippen LogP contribution < -0.4 is 4.28 Å². The summed E-state index contributed by atoms with van der Waals surface area (Å²) in [6.07, 6.45) is 0. The van der Waals surface area contributed by atoms with Gasteiger partial charge >= 0.3 is 16.8 Å². The number of alkyl halides is 3. The third-order valence-corrected chi connectivity index (χ3v) is 4.37. The molecule has 4 rings (SSSR count). The maximum absolute atomic E-state index is 12.2. The highest BCUT2D eigenvalue weighted by atomic mass is 32.2. The highest BCUT2D eigenvalue weighted by Crippen LogP contribution is 2.34. The maximum atomic E-state index is 12.2. The Morgan fingerprint density at radius 2 is 1.61 bits per heavy atom. The lowest BCUT2D eigenvalue weighted by molar-refractivity contribution is 0.00819. The summed E-state index contributed by atoms with van der Waals surface area (Å²) in [5.74, 6) is 0. The third kappa shape index (κ3) is 2.74.